The Morgan fingerprint density at radius 3 is 2.36 bits per heavy atom. The molecule has 2 aliphatic heterocycles. The van der Waals surface area contributed by atoms with E-state index in [-0.39, 0.29) is 40.0 Å². The Bertz CT molecular complexity index is 1420. The largest absolute Gasteiger partial charge is 0.507 e. The predicted octanol–water partition coefficient (Wildman–Crippen LogP) is 5.70. The maximum Gasteiger partial charge on any atom is 0.300 e. The van der Waals surface area contributed by atoms with Gasteiger partial charge in [-0.05, 0) is 52.9 Å². The Hall–Kier alpha value is -3.97. The molecule has 1 unspecified atom stereocenters. The quantitative estimate of drug-likeness (QED) is 0.269. The van der Waals surface area contributed by atoms with E-state index in [1.807, 2.05) is 24.3 Å². The van der Waals surface area contributed by atoms with Crippen LogP contribution < -0.4 is 14.4 Å². The first kappa shape index (κ1) is 23.8. The number of nitrogens with zero attached hydrogens (tertiary/aromatic N) is 1. The van der Waals surface area contributed by atoms with Crippen LogP contribution in [0.2, 0.25) is 5.02 Å². The van der Waals surface area contributed by atoms with Crippen LogP contribution in [0.25, 0.3) is 5.76 Å². The van der Waals surface area contributed by atoms with Crippen LogP contribution in [0.4, 0.5) is 5.69 Å². The third-order valence-corrected chi connectivity index (χ3v) is 6.61. The molecule has 2 N–H and O–H groups in total. The van der Waals surface area contributed by atoms with Gasteiger partial charge in [0.25, 0.3) is 11.7 Å². The van der Waals surface area contributed by atoms with E-state index in [2.05, 4.69) is 20.8 Å². The molecule has 5 rings (SSSR count). The van der Waals surface area contributed by atoms with Crippen molar-refractivity contribution in [1.29, 1.82) is 0 Å². The third-order valence-electron chi connectivity index (χ3n) is 6.38. The smallest absolute Gasteiger partial charge is 0.300 e. The molecule has 1 amide bonds. The molecule has 7 nitrogen and oxygen atoms in total. The fourth-order valence-corrected chi connectivity index (χ4v) is 4.62. The average molecular weight is 506 g/mol. The molecule has 0 radical (unpaired) electrons. The number of Topliss-reactive ketones (excluding diaryl/α,β-unsaturated/α-hetero) is 1. The Balaban J connectivity index is 1.72. The van der Waals surface area contributed by atoms with Gasteiger partial charge in [0.1, 0.15) is 11.5 Å². The number of anilines is 1. The summed E-state index contributed by atoms with van der Waals surface area (Å²) in [6.07, 6.45) is 0. The predicted molar refractivity (Wildman–Crippen MR) is 136 cm³/mol. The van der Waals surface area contributed by atoms with Crippen LogP contribution in [0.15, 0.2) is 66.2 Å². The first-order valence-electron chi connectivity index (χ1n) is 11.4. The molecule has 2 aliphatic rings. The van der Waals surface area contributed by atoms with Gasteiger partial charge in [-0.15, -0.1) is 0 Å². The summed E-state index contributed by atoms with van der Waals surface area (Å²) in [5.74, 6) is -1.41. The van der Waals surface area contributed by atoms with Crippen molar-refractivity contribution in [3.05, 3.63) is 87.9 Å². The van der Waals surface area contributed by atoms with Gasteiger partial charge in [-0.25, -0.2) is 0 Å². The van der Waals surface area contributed by atoms with E-state index < -0.39 is 17.7 Å². The molecule has 1 fully saturated rings. The minimum absolute atomic E-state index is 0.0537. The molecule has 1 saturated heterocycles. The van der Waals surface area contributed by atoms with E-state index in [0.717, 1.165) is 5.56 Å². The molecular formula is C28H24ClNO6. The van der Waals surface area contributed by atoms with Gasteiger partial charge >= 0.3 is 0 Å². The molecule has 0 aliphatic carbocycles. The van der Waals surface area contributed by atoms with Crippen molar-refractivity contribution in [2.75, 3.05) is 11.7 Å². The monoisotopic (exact) mass is 505 g/mol. The van der Waals surface area contributed by atoms with Crippen molar-refractivity contribution >= 4 is 34.7 Å². The number of hydrogen-bond donors (Lipinski definition) is 2. The first-order valence-corrected chi connectivity index (χ1v) is 11.7. The van der Waals surface area contributed by atoms with Crippen molar-refractivity contribution in [2.24, 2.45) is 0 Å². The highest BCUT2D eigenvalue weighted by Gasteiger charge is 2.48. The molecule has 0 aromatic heterocycles. The second-order valence-electron chi connectivity index (χ2n) is 9.74. The Labute approximate surface area is 213 Å². The number of carbonyl (C=O) groups excluding carboxylic acids is 2. The zero-order valence-electron chi connectivity index (χ0n) is 19.9. The molecule has 0 spiro atoms. The van der Waals surface area contributed by atoms with Crippen LogP contribution in [0.3, 0.4) is 0 Å². The average Bonchev–Trinajstić information content (AvgIpc) is 3.42. The fourth-order valence-electron chi connectivity index (χ4n) is 4.45. The molecule has 184 valence electrons. The second kappa shape index (κ2) is 8.60. The molecule has 3 aromatic carbocycles. The Morgan fingerprint density at radius 2 is 1.67 bits per heavy atom. The highest BCUT2D eigenvalue weighted by atomic mass is 35.5. The Kier molecular flexibility index (Phi) is 5.68. The van der Waals surface area contributed by atoms with Gasteiger partial charge in [0, 0.05) is 10.6 Å². The van der Waals surface area contributed by atoms with E-state index in [4.69, 9.17) is 21.1 Å². The highest BCUT2D eigenvalue weighted by molar-refractivity contribution is 6.52. The SMILES string of the molecule is CC(C)(C)c1ccc(C2/C(=C(/O)c3ccc4c(c3)OCO4)C(=O)C(=O)N2c2cc(Cl)ccc2O)cc1. The van der Waals surface area contributed by atoms with Crippen LogP contribution in [0, 0.1) is 0 Å². The van der Waals surface area contributed by atoms with Crippen molar-refractivity contribution in [2.45, 2.75) is 32.2 Å². The van der Waals surface area contributed by atoms with Crippen LogP contribution >= 0.6 is 11.6 Å². The van der Waals surface area contributed by atoms with E-state index in [9.17, 15) is 19.8 Å². The van der Waals surface area contributed by atoms with Gasteiger partial charge in [0.2, 0.25) is 6.79 Å². The number of carbonyl (C=O) groups is 2. The summed E-state index contributed by atoms with van der Waals surface area (Å²) in [5, 5.41) is 22.2. The zero-order chi connectivity index (χ0) is 25.8. The molecule has 0 saturated carbocycles. The number of aliphatic hydroxyl groups is 1. The number of ether oxygens (including phenoxy) is 2. The number of hydrogen-bond acceptors (Lipinski definition) is 6. The minimum Gasteiger partial charge on any atom is -0.507 e. The van der Waals surface area contributed by atoms with Crippen LogP contribution in [0.1, 0.15) is 43.5 Å². The zero-order valence-corrected chi connectivity index (χ0v) is 20.7. The lowest BCUT2D eigenvalue weighted by Gasteiger charge is -2.27. The maximum atomic E-state index is 13.4. The summed E-state index contributed by atoms with van der Waals surface area (Å²) in [5.41, 5.74) is 1.79. The Morgan fingerprint density at radius 1 is 0.972 bits per heavy atom. The number of amides is 1. The van der Waals surface area contributed by atoms with Gasteiger partial charge in [-0.1, -0.05) is 56.6 Å². The summed E-state index contributed by atoms with van der Waals surface area (Å²) in [6, 6.07) is 15.5. The number of rotatable bonds is 3. The minimum atomic E-state index is -1.01. The second-order valence-corrected chi connectivity index (χ2v) is 10.2. The maximum absolute atomic E-state index is 13.4. The van der Waals surface area contributed by atoms with Gasteiger partial charge in [-0.2, -0.15) is 0 Å². The topological polar surface area (TPSA) is 96.3 Å². The number of aliphatic hydroxyl groups excluding tert-OH is 1. The van der Waals surface area contributed by atoms with Crippen LogP contribution in [-0.2, 0) is 15.0 Å². The standard InChI is InChI=1S/C28H24ClNO6/c1-28(2,3)17-7-4-15(5-8-17)24-23(25(32)16-6-11-21-22(12-16)36-14-35-21)26(33)27(34)30(24)19-13-18(29)9-10-20(19)31/h4-13,24,31-32H,14H2,1-3H3/b25-23-. The summed E-state index contributed by atoms with van der Waals surface area (Å²) < 4.78 is 10.7. The molecule has 3 aromatic rings. The summed E-state index contributed by atoms with van der Waals surface area (Å²) in [4.78, 5) is 27.9. The number of halogens is 1. The summed E-state index contributed by atoms with van der Waals surface area (Å²) >= 11 is 6.17. The van der Waals surface area contributed by atoms with Crippen LogP contribution in [-0.4, -0.2) is 28.7 Å². The first-order chi connectivity index (χ1) is 17.1. The normalized spacial score (nSPS) is 18.7. The molecule has 1 atom stereocenters. The van der Waals surface area contributed by atoms with Crippen molar-refractivity contribution < 1.29 is 29.3 Å². The van der Waals surface area contributed by atoms with E-state index in [1.165, 1.54) is 23.1 Å². The highest BCUT2D eigenvalue weighted by Crippen LogP contribution is 2.46. The van der Waals surface area contributed by atoms with Gasteiger partial charge < -0.3 is 19.7 Å². The van der Waals surface area contributed by atoms with Crippen LogP contribution in [0.5, 0.6) is 17.2 Å². The molecule has 8 heteroatoms. The molecular weight excluding hydrogens is 482 g/mol. The fraction of sp³-hybridized carbons (Fsp3) is 0.214. The lowest BCUT2D eigenvalue weighted by atomic mass is 9.85. The van der Waals surface area contributed by atoms with Crippen molar-refractivity contribution in [1.82, 2.24) is 0 Å². The number of aromatic hydroxyl groups is 1. The van der Waals surface area contributed by atoms with E-state index in [1.54, 1.807) is 18.2 Å². The number of ketones is 1. The number of phenols is 1. The van der Waals surface area contributed by atoms with Crippen molar-refractivity contribution in [3.63, 3.8) is 0 Å². The number of phenolic OH excluding ortho intramolecular Hbond substituents is 1. The molecule has 2 heterocycles. The van der Waals surface area contributed by atoms with Crippen molar-refractivity contribution in [3.8, 4) is 17.2 Å². The van der Waals surface area contributed by atoms with Gasteiger partial charge in [-0.3, -0.25) is 14.5 Å². The number of fused-ring (bicyclic) bond motifs is 1. The molecule has 36 heavy (non-hydrogen) atoms. The lowest BCUT2D eigenvalue weighted by molar-refractivity contribution is -0.132. The molecule has 0 bridgehead atoms. The van der Waals surface area contributed by atoms with E-state index in [0.29, 0.717) is 22.6 Å². The summed E-state index contributed by atoms with van der Waals surface area (Å²) in [7, 11) is 0. The van der Waals surface area contributed by atoms with E-state index >= 15 is 0 Å². The number of benzene rings is 3. The third kappa shape index (κ3) is 3.95. The van der Waals surface area contributed by atoms with Gasteiger partial charge in [0.15, 0.2) is 11.5 Å². The lowest BCUT2D eigenvalue weighted by Crippen LogP contribution is -2.29. The summed E-state index contributed by atoms with van der Waals surface area (Å²) in [6.45, 7) is 6.30. The van der Waals surface area contributed by atoms with Gasteiger partial charge in [0.05, 0.1) is 17.3 Å².